The molecule has 0 aliphatic heterocycles. The van der Waals surface area contributed by atoms with Crippen molar-refractivity contribution < 1.29 is 27.5 Å². The van der Waals surface area contributed by atoms with Crippen LogP contribution in [0, 0.1) is 0 Å². The normalized spacial score (nSPS) is 11.4. The summed E-state index contributed by atoms with van der Waals surface area (Å²) < 4.78 is 34.6. The lowest BCUT2D eigenvalue weighted by molar-refractivity contribution is -0.121. The van der Waals surface area contributed by atoms with E-state index in [2.05, 4.69) is 0 Å². The molecule has 2 amide bonds. The lowest BCUT2D eigenvalue weighted by Gasteiger charge is -2.15. The zero-order valence-electron chi connectivity index (χ0n) is 20.9. The molecule has 0 unspecified atom stereocenters. The van der Waals surface area contributed by atoms with Gasteiger partial charge in [0.05, 0.1) is 21.4 Å². The predicted molar refractivity (Wildman–Crippen MR) is 142 cm³/mol. The molecule has 0 spiro atoms. The van der Waals surface area contributed by atoms with E-state index in [-0.39, 0.29) is 22.1 Å². The first-order valence-corrected chi connectivity index (χ1v) is 13.3. The molecule has 3 N–H and O–H groups in total. The number of amides is 2. The molecule has 0 radical (unpaired) electrons. The van der Waals surface area contributed by atoms with Crippen LogP contribution in [0.1, 0.15) is 41.4 Å². The molecule has 4 aromatic rings. The van der Waals surface area contributed by atoms with E-state index in [0.29, 0.717) is 23.1 Å². The Kier molecular flexibility index (Phi) is 7.63. The number of primary amides is 1. The number of hydrogen-bond donors (Lipinski definition) is 2. The maximum absolute atomic E-state index is 13.1. The number of carbonyl (C=O) groups is 3. The lowest BCUT2D eigenvalue weighted by Crippen LogP contribution is -2.34. The zero-order valence-corrected chi connectivity index (χ0v) is 21.7. The predicted octanol–water partition coefficient (Wildman–Crippen LogP) is 3.36. The van der Waals surface area contributed by atoms with Crippen molar-refractivity contribution in [3.63, 3.8) is 0 Å². The van der Waals surface area contributed by atoms with Crippen molar-refractivity contribution >= 4 is 38.5 Å². The SMILES string of the molecule is CC(C)c1c(C(=O)C(N)=O)c2c(OCC(=O)NS(=O)(=O)c3ccccc3)cccc2n1Cc1ccccc1. The summed E-state index contributed by atoms with van der Waals surface area (Å²) in [6.45, 7) is 3.57. The zero-order chi connectivity index (χ0) is 27.4. The molecule has 0 aliphatic rings. The van der Waals surface area contributed by atoms with Crippen molar-refractivity contribution in [3.8, 4) is 5.75 Å². The second-order valence-electron chi connectivity index (χ2n) is 8.96. The maximum Gasteiger partial charge on any atom is 0.289 e. The number of nitrogens with zero attached hydrogens (tertiary/aromatic N) is 1. The first kappa shape index (κ1) is 26.6. The molecular formula is C28H27N3O6S. The first-order chi connectivity index (χ1) is 18.1. The molecule has 1 heterocycles. The van der Waals surface area contributed by atoms with Gasteiger partial charge in [-0.25, -0.2) is 13.1 Å². The highest BCUT2D eigenvalue weighted by atomic mass is 32.2. The Hall–Kier alpha value is -4.44. The van der Waals surface area contributed by atoms with Crippen molar-refractivity contribution in [3.05, 3.63) is 95.7 Å². The van der Waals surface area contributed by atoms with Crippen LogP contribution in [0.2, 0.25) is 0 Å². The molecule has 1 aromatic heterocycles. The molecule has 9 nitrogen and oxygen atoms in total. The fraction of sp³-hybridized carbons (Fsp3) is 0.179. The Bertz CT molecular complexity index is 1610. The number of nitrogens with two attached hydrogens (primary N) is 1. The molecule has 196 valence electrons. The second kappa shape index (κ2) is 10.9. The quantitative estimate of drug-likeness (QED) is 0.237. The number of aromatic nitrogens is 1. The number of carbonyl (C=O) groups excluding carboxylic acids is 3. The third-order valence-electron chi connectivity index (χ3n) is 5.93. The largest absolute Gasteiger partial charge is 0.483 e. The summed E-state index contributed by atoms with van der Waals surface area (Å²) in [5.74, 6) is -2.92. The molecule has 10 heteroatoms. The van der Waals surface area contributed by atoms with Gasteiger partial charge in [-0.15, -0.1) is 0 Å². The van der Waals surface area contributed by atoms with Gasteiger partial charge in [-0.05, 0) is 35.7 Å². The van der Waals surface area contributed by atoms with Crippen LogP contribution in [-0.2, 0) is 26.2 Å². The van der Waals surface area contributed by atoms with Gasteiger partial charge in [-0.1, -0.05) is 68.4 Å². The van der Waals surface area contributed by atoms with E-state index >= 15 is 0 Å². The van der Waals surface area contributed by atoms with Gasteiger partial charge in [0.25, 0.3) is 27.6 Å². The van der Waals surface area contributed by atoms with E-state index in [4.69, 9.17) is 10.5 Å². The van der Waals surface area contributed by atoms with Gasteiger partial charge in [-0.3, -0.25) is 14.4 Å². The fourth-order valence-electron chi connectivity index (χ4n) is 4.38. The van der Waals surface area contributed by atoms with Crippen LogP contribution >= 0.6 is 0 Å². The third kappa shape index (κ3) is 5.45. The van der Waals surface area contributed by atoms with Gasteiger partial charge < -0.3 is 15.0 Å². The van der Waals surface area contributed by atoms with Crippen LogP contribution in [0.25, 0.3) is 10.9 Å². The minimum Gasteiger partial charge on any atom is -0.483 e. The van der Waals surface area contributed by atoms with E-state index in [9.17, 15) is 22.8 Å². The Morgan fingerprint density at radius 1 is 0.921 bits per heavy atom. The Labute approximate surface area is 220 Å². The summed E-state index contributed by atoms with van der Waals surface area (Å²) in [7, 11) is -4.09. The van der Waals surface area contributed by atoms with Crippen molar-refractivity contribution in [1.29, 1.82) is 0 Å². The van der Waals surface area contributed by atoms with Gasteiger partial charge in [-0.2, -0.15) is 0 Å². The highest BCUT2D eigenvalue weighted by molar-refractivity contribution is 7.90. The van der Waals surface area contributed by atoms with Crippen LogP contribution in [0.3, 0.4) is 0 Å². The summed E-state index contributed by atoms with van der Waals surface area (Å²) in [4.78, 5) is 37.6. The van der Waals surface area contributed by atoms with Crippen molar-refractivity contribution in [2.24, 2.45) is 5.73 Å². The number of ether oxygens (including phenoxy) is 1. The van der Waals surface area contributed by atoms with Crippen molar-refractivity contribution in [2.75, 3.05) is 6.61 Å². The fourth-order valence-corrected chi connectivity index (χ4v) is 5.37. The van der Waals surface area contributed by atoms with Crippen molar-refractivity contribution in [1.82, 2.24) is 9.29 Å². The average Bonchev–Trinajstić information content (AvgIpc) is 3.22. The minimum absolute atomic E-state index is 0.0654. The molecule has 38 heavy (non-hydrogen) atoms. The van der Waals surface area contributed by atoms with Crippen LogP contribution < -0.4 is 15.2 Å². The first-order valence-electron chi connectivity index (χ1n) is 11.9. The van der Waals surface area contributed by atoms with Gasteiger partial charge in [0.1, 0.15) is 5.75 Å². The number of rotatable bonds is 10. The molecule has 4 rings (SSSR count). The number of hydrogen-bond acceptors (Lipinski definition) is 6. The minimum atomic E-state index is -4.09. The third-order valence-corrected chi connectivity index (χ3v) is 7.32. The van der Waals surface area contributed by atoms with Gasteiger partial charge in [0.2, 0.25) is 0 Å². The van der Waals surface area contributed by atoms with Crippen LogP contribution in [-0.4, -0.2) is 37.2 Å². The number of fused-ring (bicyclic) bond motifs is 1. The molecule has 0 bridgehead atoms. The van der Waals surface area contributed by atoms with Crippen LogP contribution in [0.4, 0.5) is 0 Å². The van der Waals surface area contributed by atoms with E-state index < -0.39 is 34.2 Å². The van der Waals surface area contributed by atoms with E-state index in [1.807, 2.05) is 53.5 Å². The second-order valence-corrected chi connectivity index (χ2v) is 10.6. The summed E-state index contributed by atoms with van der Waals surface area (Å²) >= 11 is 0. The molecule has 0 saturated heterocycles. The van der Waals surface area contributed by atoms with E-state index in [1.54, 1.807) is 36.4 Å². The maximum atomic E-state index is 13.1. The van der Waals surface area contributed by atoms with E-state index in [1.165, 1.54) is 12.1 Å². The van der Waals surface area contributed by atoms with Gasteiger partial charge in [0.15, 0.2) is 6.61 Å². The molecule has 0 aliphatic carbocycles. The number of sulfonamides is 1. The lowest BCUT2D eigenvalue weighted by atomic mass is 9.99. The highest BCUT2D eigenvalue weighted by Gasteiger charge is 2.29. The summed E-state index contributed by atoms with van der Waals surface area (Å²) in [6, 6.07) is 22.1. The Morgan fingerprint density at radius 2 is 1.55 bits per heavy atom. The smallest absolute Gasteiger partial charge is 0.289 e. The van der Waals surface area contributed by atoms with Crippen LogP contribution in [0.15, 0.2) is 83.8 Å². The topological polar surface area (TPSA) is 138 Å². The molecule has 3 aromatic carbocycles. The monoisotopic (exact) mass is 533 g/mol. The standard InChI is InChI=1S/C28H27N3O6S/c1-18(2)26-25(27(33)28(29)34)24-21(31(26)16-19-10-5-3-6-11-19)14-9-15-22(24)37-17-23(32)30-38(35,36)20-12-7-4-8-13-20/h3-15,18H,16-17H2,1-2H3,(H2,29,34)(H,30,32). The van der Waals surface area contributed by atoms with Crippen LogP contribution in [0.5, 0.6) is 5.75 Å². The van der Waals surface area contributed by atoms with E-state index in [0.717, 1.165) is 5.56 Å². The molecule has 0 saturated carbocycles. The summed E-state index contributed by atoms with van der Waals surface area (Å²) in [5, 5.41) is 0.328. The number of Topliss-reactive ketones (excluding diaryl/α,β-unsaturated/α-hetero) is 1. The molecular weight excluding hydrogens is 506 g/mol. The Morgan fingerprint density at radius 3 is 2.16 bits per heavy atom. The van der Waals surface area contributed by atoms with Crippen molar-refractivity contribution in [2.45, 2.75) is 31.2 Å². The average molecular weight is 534 g/mol. The molecule has 0 fully saturated rings. The number of benzene rings is 3. The summed E-state index contributed by atoms with van der Waals surface area (Å²) in [5.41, 5.74) is 7.70. The summed E-state index contributed by atoms with van der Waals surface area (Å²) in [6.07, 6.45) is 0. The van der Waals surface area contributed by atoms with Gasteiger partial charge >= 0.3 is 0 Å². The molecule has 0 atom stereocenters. The number of nitrogens with one attached hydrogen (secondary N) is 1. The van der Waals surface area contributed by atoms with Gasteiger partial charge in [0, 0.05) is 12.2 Å². The number of ketones is 1. The Balaban J connectivity index is 1.75. The highest BCUT2D eigenvalue weighted by Crippen LogP contribution is 2.38.